The molecule has 122 valence electrons. The maximum absolute atomic E-state index is 12.2. The topological polar surface area (TPSA) is 119 Å². The number of carbonyl (C=O) groups is 1. The quantitative estimate of drug-likeness (QED) is 0.571. The molecule has 0 heterocycles. The van der Waals surface area contributed by atoms with Crippen LogP contribution in [0.4, 0.5) is 11.4 Å². The van der Waals surface area contributed by atoms with Crippen LogP contribution in [0.25, 0.3) is 0 Å². The molecule has 0 atom stereocenters. The highest BCUT2D eigenvalue weighted by molar-refractivity contribution is 7.85. The van der Waals surface area contributed by atoms with Crippen LogP contribution < -0.4 is 15.8 Å². The molecule has 0 radical (unpaired) electrons. The van der Waals surface area contributed by atoms with E-state index >= 15 is 0 Å². The van der Waals surface area contributed by atoms with Crippen LogP contribution >= 0.6 is 11.6 Å². The lowest BCUT2D eigenvalue weighted by Crippen LogP contribution is -2.13. The molecule has 0 unspecified atom stereocenters. The number of carbonyl (C=O) groups excluding carboxylic acids is 1. The molecule has 0 aliphatic heterocycles. The monoisotopic (exact) mass is 356 g/mol. The molecule has 0 aliphatic carbocycles. The van der Waals surface area contributed by atoms with E-state index in [1.165, 1.54) is 25.3 Å². The Balaban J connectivity index is 2.25. The molecule has 0 saturated heterocycles. The Hall–Kier alpha value is -2.29. The van der Waals surface area contributed by atoms with Crippen LogP contribution in [0.5, 0.6) is 5.75 Å². The molecule has 0 saturated carbocycles. The molecule has 7 nitrogen and oxygen atoms in total. The number of ether oxygens (including phenoxy) is 1. The standard InChI is InChI=1S/C14H13ClN2O5S/c1-22-13-5-2-8(6-11(13)16)14(18)17-12-4-3-9(7-10(12)15)23(19,20)21/h2-7H,16H2,1H3,(H,17,18)(H,19,20,21). The highest BCUT2D eigenvalue weighted by Crippen LogP contribution is 2.27. The van der Waals surface area contributed by atoms with Crippen molar-refractivity contribution in [1.82, 2.24) is 0 Å². The number of nitrogens with two attached hydrogens (primary N) is 1. The number of rotatable bonds is 4. The van der Waals surface area contributed by atoms with Crippen molar-refractivity contribution in [2.45, 2.75) is 4.90 Å². The van der Waals surface area contributed by atoms with Crippen LogP contribution in [0.15, 0.2) is 41.3 Å². The first-order chi connectivity index (χ1) is 10.7. The van der Waals surface area contributed by atoms with E-state index in [2.05, 4.69) is 5.32 Å². The molecular weight excluding hydrogens is 344 g/mol. The Bertz CT molecular complexity index is 867. The minimum Gasteiger partial charge on any atom is -0.495 e. The highest BCUT2D eigenvalue weighted by Gasteiger charge is 2.14. The summed E-state index contributed by atoms with van der Waals surface area (Å²) in [6.45, 7) is 0. The van der Waals surface area contributed by atoms with E-state index in [0.29, 0.717) is 11.4 Å². The van der Waals surface area contributed by atoms with Crippen molar-refractivity contribution in [3.63, 3.8) is 0 Å². The zero-order valence-corrected chi connectivity index (χ0v) is 13.5. The second-order valence-electron chi connectivity index (χ2n) is 4.53. The molecule has 0 aromatic heterocycles. The van der Waals surface area contributed by atoms with Gasteiger partial charge in [-0.3, -0.25) is 9.35 Å². The second kappa shape index (κ2) is 6.45. The van der Waals surface area contributed by atoms with Crippen molar-refractivity contribution >= 4 is 39.0 Å². The molecule has 2 aromatic rings. The summed E-state index contributed by atoms with van der Waals surface area (Å²) < 4.78 is 36.0. The lowest BCUT2D eigenvalue weighted by Gasteiger charge is -2.10. The maximum Gasteiger partial charge on any atom is 0.294 e. The smallest absolute Gasteiger partial charge is 0.294 e. The van der Waals surface area contributed by atoms with Crippen molar-refractivity contribution < 1.29 is 22.5 Å². The van der Waals surface area contributed by atoms with E-state index in [0.717, 1.165) is 12.1 Å². The number of halogens is 1. The molecule has 0 fully saturated rings. The molecule has 9 heteroatoms. The fraction of sp³-hybridized carbons (Fsp3) is 0.0714. The summed E-state index contributed by atoms with van der Waals surface area (Å²) >= 11 is 5.91. The van der Waals surface area contributed by atoms with Gasteiger partial charge < -0.3 is 15.8 Å². The van der Waals surface area contributed by atoms with E-state index in [1.54, 1.807) is 6.07 Å². The first-order valence-electron chi connectivity index (χ1n) is 6.24. The lowest BCUT2D eigenvalue weighted by atomic mass is 10.1. The largest absolute Gasteiger partial charge is 0.495 e. The average molecular weight is 357 g/mol. The number of nitrogen functional groups attached to an aromatic ring is 1. The van der Waals surface area contributed by atoms with E-state index in [9.17, 15) is 13.2 Å². The van der Waals surface area contributed by atoms with Gasteiger partial charge in [0, 0.05) is 5.56 Å². The number of benzene rings is 2. The molecule has 2 aromatic carbocycles. The van der Waals surface area contributed by atoms with E-state index in [-0.39, 0.29) is 21.2 Å². The Morgan fingerprint density at radius 1 is 1.26 bits per heavy atom. The SMILES string of the molecule is COc1ccc(C(=O)Nc2ccc(S(=O)(=O)O)cc2Cl)cc1N. The summed E-state index contributed by atoms with van der Waals surface area (Å²) in [4.78, 5) is 11.8. The molecule has 0 aliphatic rings. The normalized spacial score (nSPS) is 11.1. The number of hydrogen-bond donors (Lipinski definition) is 3. The fourth-order valence-electron chi connectivity index (χ4n) is 1.83. The lowest BCUT2D eigenvalue weighted by molar-refractivity contribution is 0.102. The van der Waals surface area contributed by atoms with Gasteiger partial charge in [0.2, 0.25) is 0 Å². The third kappa shape index (κ3) is 3.92. The minimum atomic E-state index is -4.36. The Morgan fingerprint density at radius 2 is 1.96 bits per heavy atom. The zero-order valence-electron chi connectivity index (χ0n) is 11.9. The summed E-state index contributed by atoms with van der Waals surface area (Å²) in [6, 6.07) is 7.94. The van der Waals surface area contributed by atoms with Crippen LogP contribution in [0.1, 0.15) is 10.4 Å². The number of anilines is 2. The number of hydrogen-bond acceptors (Lipinski definition) is 5. The zero-order chi connectivity index (χ0) is 17.2. The summed E-state index contributed by atoms with van der Waals surface area (Å²) in [7, 11) is -2.90. The number of methoxy groups -OCH3 is 1. The van der Waals surface area contributed by atoms with Crippen molar-refractivity contribution in [1.29, 1.82) is 0 Å². The minimum absolute atomic E-state index is 0.0324. The first kappa shape index (κ1) is 17.1. The predicted molar refractivity (Wildman–Crippen MR) is 86.6 cm³/mol. The highest BCUT2D eigenvalue weighted by atomic mass is 35.5. The molecule has 4 N–H and O–H groups in total. The number of amides is 1. The van der Waals surface area contributed by atoms with Crippen molar-refractivity contribution in [3.8, 4) is 5.75 Å². The van der Waals surface area contributed by atoms with E-state index in [1.807, 2.05) is 0 Å². The summed E-state index contributed by atoms with van der Waals surface area (Å²) in [6.07, 6.45) is 0. The van der Waals surface area contributed by atoms with Gasteiger partial charge in [-0.05, 0) is 36.4 Å². The molecular formula is C14H13ClN2O5S. The van der Waals surface area contributed by atoms with Gasteiger partial charge in [-0.1, -0.05) is 11.6 Å². The van der Waals surface area contributed by atoms with Crippen molar-refractivity contribution in [3.05, 3.63) is 47.0 Å². The fourth-order valence-corrected chi connectivity index (χ4v) is 2.63. The van der Waals surface area contributed by atoms with Gasteiger partial charge in [0.1, 0.15) is 5.75 Å². The summed E-state index contributed by atoms with van der Waals surface area (Å²) in [5, 5.41) is 2.49. The van der Waals surface area contributed by atoms with E-state index in [4.69, 9.17) is 26.6 Å². The third-order valence-electron chi connectivity index (χ3n) is 2.98. The first-order valence-corrected chi connectivity index (χ1v) is 8.06. The van der Waals surface area contributed by atoms with Crippen molar-refractivity contribution in [2.24, 2.45) is 0 Å². The predicted octanol–water partition coefficient (Wildman–Crippen LogP) is 2.43. The van der Waals surface area contributed by atoms with Gasteiger partial charge >= 0.3 is 0 Å². The second-order valence-corrected chi connectivity index (χ2v) is 6.36. The van der Waals surface area contributed by atoms with Crippen LogP contribution in [0.2, 0.25) is 5.02 Å². The Morgan fingerprint density at radius 3 is 2.48 bits per heavy atom. The maximum atomic E-state index is 12.2. The Labute approximate surface area is 137 Å². The number of nitrogens with one attached hydrogen (secondary N) is 1. The van der Waals surface area contributed by atoms with Gasteiger partial charge in [-0.2, -0.15) is 8.42 Å². The van der Waals surface area contributed by atoms with Gasteiger partial charge in [-0.25, -0.2) is 0 Å². The molecule has 23 heavy (non-hydrogen) atoms. The van der Waals surface area contributed by atoms with E-state index < -0.39 is 16.0 Å². The summed E-state index contributed by atoms with van der Waals surface area (Å²) in [5.41, 5.74) is 6.50. The van der Waals surface area contributed by atoms with Crippen LogP contribution in [-0.2, 0) is 10.1 Å². The average Bonchev–Trinajstić information content (AvgIpc) is 2.48. The van der Waals surface area contributed by atoms with Crippen LogP contribution in [-0.4, -0.2) is 26.0 Å². The summed E-state index contributed by atoms with van der Waals surface area (Å²) in [5.74, 6) is -0.0436. The Kier molecular flexibility index (Phi) is 4.79. The molecule has 0 bridgehead atoms. The third-order valence-corrected chi connectivity index (χ3v) is 4.14. The molecule has 0 spiro atoms. The van der Waals surface area contributed by atoms with Crippen LogP contribution in [0.3, 0.4) is 0 Å². The van der Waals surface area contributed by atoms with Gasteiger partial charge in [0.25, 0.3) is 16.0 Å². The molecule has 2 rings (SSSR count). The van der Waals surface area contributed by atoms with Crippen molar-refractivity contribution in [2.75, 3.05) is 18.2 Å². The molecule has 1 amide bonds. The van der Waals surface area contributed by atoms with Crippen LogP contribution in [0, 0.1) is 0 Å². The van der Waals surface area contributed by atoms with Gasteiger partial charge in [0.05, 0.1) is 28.4 Å². The van der Waals surface area contributed by atoms with Gasteiger partial charge in [-0.15, -0.1) is 0 Å². The van der Waals surface area contributed by atoms with Gasteiger partial charge in [0.15, 0.2) is 0 Å².